The molecule has 0 aliphatic heterocycles. The second kappa shape index (κ2) is 12.9. The second-order valence-corrected chi connectivity index (χ2v) is 11.6. The van der Waals surface area contributed by atoms with Gasteiger partial charge in [-0.1, -0.05) is 62.9 Å². The van der Waals surface area contributed by atoms with Crippen LogP contribution in [0, 0.1) is 18.8 Å². The van der Waals surface area contributed by atoms with Crippen molar-refractivity contribution in [3.63, 3.8) is 0 Å². The molecule has 6 nitrogen and oxygen atoms in total. The van der Waals surface area contributed by atoms with Crippen LogP contribution in [-0.2, 0) is 0 Å². The average molecular weight is 498 g/mol. The van der Waals surface area contributed by atoms with E-state index in [0.29, 0.717) is 18.4 Å². The highest BCUT2D eigenvalue weighted by atomic mass is 32.2. The van der Waals surface area contributed by atoms with Crippen LogP contribution >= 0.6 is 23.1 Å². The maximum absolute atomic E-state index is 12.9. The molecule has 34 heavy (non-hydrogen) atoms. The number of nitrogens with zero attached hydrogens (tertiary/aromatic N) is 3. The van der Waals surface area contributed by atoms with Gasteiger partial charge in [0.25, 0.3) is 5.91 Å². The number of aryl methyl sites for hydroxylation is 1. The SMILES string of the molecule is Cc1ccc(Sc2cnc(Nc3ccccn3)s2)cc1C(=O)NCCN(CC(C)C)CC(C)C. The number of pyridine rings is 1. The van der Waals surface area contributed by atoms with Crippen molar-refractivity contribution >= 4 is 40.0 Å². The van der Waals surface area contributed by atoms with Crippen LogP contribution in [-0.4, -0.2) is 47.0 Å². The summed E-state index contributed by atoms with van der Waals surface area (Å²) in [7, 11) is 0. The molecule has 0 aliphatic carbocycles. The predicted molar refractivity (Wildman–Crippen MR) is 143 cm³/mol. The lowest BCUT2D eigenvalue weighted by atomic mass is 10.1. The van der Waals surface area contributed by atoms with E-state index in [9.17, 15) is 4.79 Å². The number of carbonyl (C=O) groups is 1. The lowest BCUT2D eigenvalue weighted by Gasteiger charge is -2.26. The van der Waals surface area contributed by atoms with E-state index in [-0.39, 0.29) is 5.91 Å². The summed E-state index contributed by atoms with van der Waals surface area (Å²) in [6.45, 7) is 14.5. The number of thiazole rings is 1. The highest BCUT2D eigenvalue weighted by molar-refractivity contribution is 8.01. The average Bonchev–Trinajstić information content (AvgIpc) is 3.21. The van der Waals surface area contributed by atoms with Crippen molar-refractivity contribution in [3.05, 3.63) is 59.9 Å². The van der Waals surface area contributed by atoms with Crippen molar-refractivity contribution in [2.75, 3.05) is 31.5 Å². The molecule has 1 aromatic carbocycles. The third kappa shape index (κ3) is 8.42. The topological polar surface area (TPSA) is 70.1 Å². The van der Waals surface area contributed by atoms with Gasteiger partial charge in [0.15, 0.2) is 5.13 Å². The first kappa shape index (κ1) is 26.2. The number of aromatic nitrogens is 2. The van der Waals surface area contributed by atoms with Crippen LogP contribution in [0.5, 0.6) is 0 Å². The Labute approximate surface area is 211 Å². The smallest absolute Gasteiger partial charge is 0.251 e. The molecule has 1 amide bonds. The number of anilines is 2. The molecule has 2 aromatic heterocycles. The summed E-state index contributed by atoms with van der Waals surface area (Å²) in [4.78, 5) is 25.1. The van der Waals surface area contributed by atoms with Crippen LogP contribution in [0.15, 0.2) is 57.9 Å². The van der Waals surface area contributed by atoms with Crippen molar-refractivity contribution < 1.29 is 4.79 Å². The van der Waals surface area contributed by atoms with Crippen LogP contribution in [0.2, 0.25) is 0 Å². The zero-order valence-corrected chi connectivity index (χ0v) is 22.3. The highest BCUT2D eigenvalue weighted by Crippen LogP contribution is 2.35. The number of benzene rings is 1. The Morgan fingerprint density at radius 3 is 2.53 bits per heavy atom. The number of nitrogens with one attached hydrogen (secondary N) is 2. The monoisotopic (exact) mass is 497 g/mol. The Morgan fingerprint density at radius 2 is 1.85 bits per heavy atom. The van der Waals surface area contributed by atoms with E-state index in [4.69, 9.17) is 0 Å². The highest BCUT2D eigenvalue weighted by Gasteiger charge is 2.14. The molecule has 0 unspecified atom stereocenters. The van der Waals surface area contributed by atoms with Gasteiger partial charge in [-0.05, 0) is 48.6 Å². The van der Waals surface area contributed by atoms with Gasteiger partial charge in [-0.15, -0.1) is 0 Å². The second-order valence-electron chi connectivity index (χ2n) is 9.21. The minimum Gasteiger partial charge on any atom is -0.351 e. The molecule has 3 rings (SSSR count). The van der Waals surface area contributed by atoms with Crippen LogP contribution in [0.3, 0.4) is 0 Å². The molecular formula is C26H35N5OS2. The first-order valence-corrected chi connectivity index (χ1v) is 13.4. The first-order chi connectivity index (χ1) is 16.3. The summed E-state index contributed by atoms with van der Waals surface area (Å²) in [6.07, 6.45) is 3.59. The van der Waals surface area contributed by atoms with Crippen LogP contribution in [0.25, 0.3) is 0 Å². The number of amides is 1. The summed E-state index contributed by atoms with van der Waals surface area (Å²) in [6, 6.07) is 11.8. The maximum Gasteiger partial charge on any atom is 0.251 e. The van der Waals surface area contributed by atoms with Gasteiger partial charge in [0, 0.05) is 42.8 Å². The summed E-state index contributed by atoms with van der Waals surface area (Å²) in [5.74, 6) is 1.97. The predicted octanol–water partition coefficient (Wildman–Crippen LogP) is 6.09. The van der Waals surface area contributed by atoms with E-state index in [1.165, 1.54) is 0 Å². The zero-order chi connectivity index (χ0) is 24.5. The molecule has 3 aromatic rings. The summed E-state index contributed by atoms with van der Waals surface area (Å²) in [5.41, 5.74) is 1.70. The van der Waals surface area contributed by atoms with Crippen LogP contribution < -0.4 is 10.6 Å². The lowest BCUT2D eigenvalue weighted by Crippen LogP contribution is -2.38. The first-order valence-electron chi connectivity index (χ1n) is 11.7. The van der Waals surface area contributed by atoms with E-state index in [2.05, 4.69) is 59.3 Å². The number of hydrogen-bond donors (Lipinski definition) is 2. The molecule has 0 atom stereocenters. The molecule has 0 radical (unpaired) electrons. The van der Waals surface area contributed by atoms with Gasteiger partial charge in [0.05, 0.1) is 10.4 Å². The molecule has 0 saturated carbocycles. The number of carbonyl (C=O) groups excluding carboxylic acids is 1. The Bertz CT molecular complexity index is 1040. The quantitative estimate of drug-likeness (QED) is 0.316. The van der Waals surface area contributed by atoms with Crippen molar-refractivity contribution in [2.45, 2.75) is 43.7 Å². The minimum absolute atomic E-state index is 0.0178. The summed E-state index contributed by atoms with van der Waals surface area (Å²) in [5, 5.41) is 7.13. The van der Waals surface area contributed by atoms with Crippen molar-refractivity contribution in [2.24, 2.45) is 11.8 Å². The van der Waals surface area contributed by atoms with Gasteiger partial charge in [0.2, 0.25) is 0 Å². The molecule has 2 heterocycles. The van der Waals surface area contributed by atoms with Gasteiger partial charge in [-0.3, -0.25) is 4.79 Å². The zero-order valence-electron chi connectivity index (χ0n) is 20.7. The fraction of sp³-hybridized carbons (Fsp3) is 0.423. The standard InChI is InChI=1S/C26H35N5OS2/c1-18(2)16-31(17-19(3)4)13-12-28-25(32)22-14-21(10-9-20(22)5)33-24-15-29-26(34-24)30-23-8-6-7-11-27-23/h6-11,14-15,18-19H,12-13,16-17H2,1-5H3,(H,28,32)(H,27,29,30). The summed E-state index contributed by atoms with van der Waals surface area (Å²) < 4.78 is 1.05. The third-order valence-electron chi connectivity index (χ3n) is 5.02. The van der Waals surface area contributed by atoms with Gasteiger partial charge in [-0.25, -0.2) is 9.97 Å². The van der Waals surface area contributed by atoms with Crippen LogP contribution in [0.4, 0.5) is 10.9 Å². The van der Waals surface area contributed by atoms with E-state index >= 15 is 0 Å². The normalized spacial score (nSPS) is 11.4. The Morgan fingerprint density at radius 1 is 1.09 bits per heavy atom. The largest absolute Gasteiger partial charge is 0.351 e. The van der Waals surface area contributed by atoms with Crippen LogP contribution in [0.1, 0.15) is 43.6 Å². The fourth-order valence-corrected chi connectivity index (χ4v) is 5.55. The van der Waals surface area contributed by atoms with Gasteiger partial charge in [0.1, 0.15) is 5.82 Å². The van der Waals surface area contributed by atoms with Gasteiger partial charge < -0.3 is 15.5 Å². The Hall–Kier alpha value is -2.42. The lowest BCUT2D eigenvalue weighted by molar-refractivity contribution is 0.0945. The van der Waals surface area contributed by atoms with E-state index < -0.39 is 0 Å². The van der Waals surface area contributed by atoms with Crippen molar-refractivity contribution in [3.8, 4) is 0 Å². The number of rotatable bonds is 12. The maximum atomic E-state index is 12.9. The Balaban J connectivity index is 1.58. The molecule has 8 heteroatoms. The van der Waals surface area contributed by atoms with Crippen molar-refractivity contribution in [1.82, 2.24) is 20.2 Å². The molecule has 0 spiro atoms. The fourth-order valence-electron chi connectivity index (χ4n) is 3.65. The van der Waals surface area contributed by atoms with E-state index in [1.807, 2.05) is 43.5 Å². The molecule has 0 bridgehead atoms. The summed E-state index contributed by atoms with van der Waals surface area (Å²) >= 11 is 3.17. The molecule has 0 aliphatic rings. The van der Waals surface area contributed by atoms with Crippen molar-refractivity contribution in [1.29, 1.82) is 0 Å². The molecule has 182 valence electrons. The van der Waals surface area contributed by atoms with E-state index in [0.717, 1.165) is 50.8 Å². The van der Waals surface area contributed by atoms with E-state index in [1.54, 1.807) is 29.3 Å². The number of hydrogen-bond acceptors (Lipinski definition) is 7. The molecular weight excluding hydrogens is 462 g/mol. The molecule has 0 fully saturated rings. The Kier molecular flexibility index (Phi) is 9.92. The molecule has 2 N–H and O–H groups in total. The van der Waals surface area contributed by atoms with Gasteiger partial charge in [-0.2, -0.15) is 0 Å². The molecule has 0 saturated heterocycles. The van der Waals surface area contributed by atoms with Gasteiger partial charge >= 0.3 is 0 Å². The minimum atomic E-state index is -0.0178. The third-order valence-corrected chi connectivity index (χ3v) is 7.02.